The Kier molecular flexibility index (Phi) is 4.46. The van der Waals surface area contributed by atoms with E-state index in [9.17, 15) is 5.11 Å². The maximum absolute atomic E-state index is 9.93. The van der Waals surface area contributed by atoms with E-state index in [1.165, 1.54) is 0 Å². The van der Waals surface area contributed by atoms with Gasteiger partial charge in [0.1, 0.15) is 11.8 Å². The van der Waals surface area contributed by atoms with Crippen molar-refractivity contribution in [2.24, 2.45) is 5.92 Å². The number of furan rings is 1. The molecule has 3 nitrogen and oxygen atoms in total. The van der Waals surface area contributed by atoms with E-state index in [1.54, 1.807) is 17.6 Å². The normalized spacial score (nSPS) is 24.1. The van der Waals surface area contributed by atoms with Crippen LogP contribution in [0.1, 0.15) is 35.9 Å². The van der Waals surface area contributed by atoms with Crippen LogP contribution >= 0.6 is 22.9 Å². The highest BCUT2D eigenvalue weighted by Crippen LogP contribution is 2.32. The van der Waals surface area contributed by atoms with E-state index in [0.29, 0.717) is 5.92 Å². The maximum Gasteiger partial charge on any atom is 0.126 e. The van der Waals surface area contributed by atoms with Gasteiger partial charge in [0, 0.05) is 11.4 Å². The van der Waals surface area contributed by atoms with Crippen LogP contribution in [0.2, 0.25) is 4.34 Å². The van der Waals surface area contributed by atoms with Crippen molar-refractivity contribution in [1.82, 2.24) is 5.32 Å². The van der Waals surface area contributed by atoms with Crippen molar-refractivity contribution in [3.8, 4) is 0 Å². The zero-order valence-corrected chi connectivity index (χ0v) is 12.7. The van der Waals surface area contributed by atoms with Gasteiger partial charge in [-0.15, -0.1) is 11.3 Å². The number of nitrogens with one attached hydrogen (secondary N) is 1. The first-order valence-corrected chi connectivity index (χ1v) is 8.13. The molecule has 2 N–H and O–H groups in total. The molecule has 2 aromatic heterocycles. The largest absolute Gasteiger partial charge is 0.467 e. The van der Waals surface area contributed by atoms with E-state index in [1.807, 2.05) is 24.3 Å². The fourth-order valence-electron chi connectivity index (χ4n) is 2.80. The maximum atomic E-state index is 9.93. The minimum absolute atomic E-state index is 0.00954. The molecule has 0 saturated heterocycles. The SMILES string of the molecule is OC1CCCC1CNC(c1ccco1)c1ccc(Cl)s1. The summed E-state index contributed by atoms with van der Waals surface area (Å²) in [5.41, 5.74) is 0. The Balaban J connectivity index is 1.73. The summed E-state index contributed by atoms with van der Waals surface area (Å²) in [6.45, 7) is 0.794. The summed E-state index contributed by atoms with van der Waals surface area (Å²) in [7, 11) is 0. The highest BCUT2D eigenvalue weighted by molar-refractivity contribution is 7.16. The summed E-state index contributed by atoms with van der Waals surface area (Å²) in [5, 5.41) is 13.4. The monoisotopic (exact) mass is 311 g/mol. The van der Waals surface area contributed by atoms with Crippen molar-refractivity contribution in [1.29, 1.82) is 0 Å². The summed E-state index contributed by atoms with van der Waals surface area (Å²) >= 11 is 7.59. The predicted molar refractivity (Wildman–Crippen MR) is 81.2 cm³/mol. The van der Waals surface area contributed by atoms with Gasteiger partial charge in [0.15, 0.2) is 0 Å². The van der Waals surface area contributed by atoms with E-state index in [0.717, 1.165) is 40.8 Å². The lowest BCUT2D eigenvalue weighted by Gasteiger charge is -2.20. The summed E-state index contributed by atoms with van der Waals surface area (Å²) in [5.74, 6) is 1.22. The molecule has 3 atom stereocenters. The van der Waals surface area contributed by atoms with Crippen LogP contribution in [0, 0.1) is 5.92 Å². The van der Waals surface area contributed by atoms with Crippen molar-refractivity contribution < 1.29 is 9.52 Å². The van der Waals surface area contributed by atoms with E-state index in [4.69, 9.17) is 16.0 Å². The minimum atomic E-state index is -0.174. The lowest BCUT2D eigenvalue weighted by Crippen LogP contribution is -2.31. The average molecular weight is 312 g/mol. The van der Waals surface area contributed by atoms with Crippen LogP contribution in [0.15, 0.2) is 34.9 Å². The summed E-state index contributed by atoms with van der Waals surface area (Å²) in [6.07, 6.45) is 4.63. The number of rotatable bonds is 5. The van der Waals surface area contributed by atoms with Gasteiger partial charge in [0.2, 0.25) is 0 Å². The molecule has 3 rings (SSSR count). The molecule has 108 valence electrons. The molecule has 0 amide bonds. The Morgan fingerprint density at radius 2 is 2.30 bits per heavy atom. The second kappa shape index (κ2) is 6.31. The standard InChI is InChI=1S/C15H18ClNO2S/c16-14-7-6-13(20-14)15(12-5-2-8-19-12)17-9-10-3-1-4-11(10)18/h2,5-8,10-11,15,17-18H,1,3-4,9H2. The van der Waals surface area contributed by atoms with Crippen LogP contribution < -0.4 is 5.32 Å². The molecule has 0 aromatic carbocycles. The van der Waals surface area contributed by atoms with E-state index < -0.39 is 0 Å². The summed E-state index contributed by atoms with van der Waals surface area (Å²) in [4.78, 5) is 1.14. The van der Waals surface area contributed by atoms with Crippen LogP contribution in [0.3, 0.4) is 0 Å². The highest BCUT2D eigenvalue weighted by Gasteiger charge is 2.27. The summed E-state index contributed by atoms with van der Waals surface area (Å²) in [6, 6.07) is 7.80. The second-order valence-corrected chi connectivity index (χ2v) is 7.00. The first-order valence-electron chi connectivity index (χ1n) is 6.94. The second-order valence-electron chi connectivity index (χ2n) is 5.26. The summed E-state index contributed by atoms with van der Waals surface area (Å²) < 4.78 is 6.32. The molecular formula is C15H18ClNO2S. The van der Waals surface area contributed by atoms with Gasteiger partial charge in [-0.05, 0) is 43.0 Å². The molecule has 1 saturated carbocycles. The van der Waals surface area contributed by atoms with Gasteiger partial charge in [0.25, 0.3) is 0 Å². The Morgan fingerprint density at radius 3 is 2.90 bits per heavy atom. The van der Waals surface area contributed by atoms with Gasteiger partial charge in [-0.25, -0.2) is 0 Å². The molecule has 1 aliphatic rings. The van der Waals surface area contributed by atoms with Gasteiger partial charge in [-0.1, -0.05) is 18.0 Å². The fourth-order valence-corrected chi connectivity index (χ4v) is 3.95. The topological polar surface area (TPSA) is 45.4 Å². The number of aliphatic hydroxyl groups excluding tert-OH is 1. The highest BCUT2D eigenvalue weighted by atomic mass is 35.5. The zero-order chi connectivity index (χ0) is 13.9. The number of hydrogen-bond acceptors (Lipinski definition) is 4. The molecular weight excluding hydrogens is 294 g/mol. The smallest absolute Gasteiger partial charge is 0.126 e. The molecule has 0 spiro atoms. The van der Waals surface area contributed by atoms with Crippen LogP contribution in [0.5, 0.6) is 0 Å². The average Bonchev–Trinajstić information content (AvgIpc) is 3.14. The molecule has 1 aliphatic carbocycles. The Morgan fingerprint density at radius 1 is 1.40 bits per heavy atom. The van der Waals surface area contributed by atoms with Gasteiger partial charge < -0.3 is 14.8 Å². The van der Waals surface area contributed by atoms with E-state index in [2.05, 4.69) is 5.32 Å². The van der Waals surface area contributed by atoms with Crippen LogP contribution in [0.25, 0.3) is 0 Å². The van der Waals surface area contributed by atoms with Crippen molar-refractivity contribution >= 4 is 22.9 Å². The van der Waals surface area contributed by atoms with Crippen molar-refractivity contribution in [2.45, 2.75) is 31.4 Å². The lowest BCUT2D eigenvalue weighted by atomic mass is 10.1. The first kappa shape index (κ1) is 14.1. The molecule has 0 aliphatic heterocycles. The number of halogens is 1. The van der Waals surface area contributed by atoms with Crippen molar-refractivity contribution in [3.05, 3.63) is 45.5 Å². The third-order valence-electron chi connectivity index (χ3n) is 3.91. The van der Waals surface area contributed by atoms with Gasteiger partial charge in [0.05, 0.1) is 16.7 Å². The fraction of sp³-hybridized carbons (Fsp3) is 0.467. The van der Waals surface area contributed by atoms with Gasteiger partial charge in [-0.2, -0.15) is 0 Å². The molecule has 0 radical (unpaired) electrons. The first-order chi connectivity index (χ1) is 9.74. The van der Waals surface area contributed by atoms with E-state index >= 15 is 0 Å². The van der Waals surface area contributed by atoms with Gasteiger partial charge >= 0.3 is 0 Å². The van der Waals surface area contributed by atoms with Crippen molar-refractivity contribution in [3.63, 3.8) is 0 Å². The number of thiophene rings is 1. The van der Waals surface area contributed by atoms with Crippen LogP contribution in [-0.2, 0) is 0 Å². The molecule has 2 heterocycles. The lowest BCUT2D eigenvalue weighted by molar-refractivity contribution is 0.130. The number of hydrogen-bond donors (Lipinski definition) is 2. The Hall–Kier alpha value is -0.810. The van der Waals surface area contributed by atoms with Crippen LogP contribution in [0.4, 0.5) is 0 Å². The molecule has 3 unspecified atom stereocenters. The molecule has 2 aromatic rings. The molecule has 0 bridgehead atoms. The van der Waals surface area contributed by atoms with Crippen molar-refractivity contribution in [2.75, 3.05) is 6.54 Å². The zero-order valence-electron chi connectivity index (χ0n) is 11.1. The minimum Gasteiger partial charge on any atom is -0.467 e. The predicted octanol–water partition coefficient (Wildman–Crippen LogP) is 3.83. The molecule has 5 heteroatoms. The Labute approximate surface area is 127 Å². The van der Waals surface area contributed by atoms with Gasteiger partial charge in [-0.3, -0.25) is 0 Å². The molecule has 20 heavy (non-hydrogen) atoms. The van der Waals surface area contributed by atoms with Crippen LogP contribution in [-0.4, -0.2) is 17.8 Å². The molecule has 1 fully saturated rings. The third kappa shape index (κ3) is 3.09. The quantitative estimate of drug-likeness (QED) is 0.882. The van der Waals surface area contributed by atoms with E-state index in [-0.39, 0.29) is 12.1 Å². The Bertz CT molecular complexity index is 540. The third-order valence-corrected chi connectivity index (χ3v) is 5.21. The number of aliphatic hydroxyl groups is 1.